The molecule has 1 aliphatic rings. The summed E-state index contributed by atoms with van der Waals surface area (Å²) in [5, 5.41) is 3.55. The number of hydrogen-bond acceptors (Lipinski definition) is 3. The molecule has 17 heavy (non-hydrogen) atoms. The molecule has 0 spiro atoms. The van der Waals surface area contributed by atoms with Crippen LogP contribution in [0.15, 0.2) is 0 Å². The minimum absolute atomic E-state index is 0.440. The second-order valence-electron chi connectivity index (χ2n) is 5.16. The highest BCUT2D eigenvalue weighted by atomic mass is 16.5. The van der Waals surface area contributed by atoms with Crippen LogP contribution in [0.25, 0.3) is 0 Å². The average molecular weight is 242 g/mol. The minimum Gasteiger partial charge on any atom is -0.377 e. The van der Waals surface area contributed by atoms with Crippen LogP contribution in [0.3, 0.4) is 0 Å². The van der Waals surface area contributed by atoms with Crippen LogP contribution < -0.4 is 5.32 Å². The van der Waals surface area contributed by atoms with Crippen molar-refractivity contribution in [1.29, 1.82) is 0 Å². The number of rotatable bonds is 7. The van der Waals surface area contributed by atoms with Crippen molar-refractivity contribution in [1.82, 2.24) is 10.2 Å². The Morgan fingerprint density at radius 3 is 2.94 bits per heavy atom. The monoisotopic (exact) mass is 242 g/mol. The van der Waals surface area contributed by atoms with Gasteiger partial charge in [0.2, 0.25) is 0 Å². The lowest BCUT2D eigenvalue weighted by atomic mass is 10.2. The summed E-state index contributed by atoms with van der Waals surface area (Å²) in [4.78, 5) is 2.58. The summed E-state index contributed by atoms with van der Waals surface area (Å²) in [6, 6.07) is 0.627. The molecule has 1 saturated heterocycles. The molecular weight excluding hydrogens is 212 g/mol. The first-order valence-corrected chi connectivity index (χ1v) is 7.34. The van der Waals surface area contributed by atoms with Crippen LogP contribution in [0, 0.1) is 0 Å². The molecule has 1 fully saturated rings. The highest BCUT2D eigenvalue weighted by Gasteiger charge is 2.20. The van der Waals surface area contributed by atoms with Gasteiger partial charge in [0.15, 0.2) is 0 Å². The molecule has 1 heterocycles. The fraction of sp³-hybridized carbons (Fsp3) is 1.00. The van der Waals surface area contributed by atoms with Gasteiger partial charge in [-0.15, -0.1) is 0 Å². The molecule has 0 aromatic carbocycles. The Morgan fingerprint density at radius 2 is 2.24 bits per heavy atom. The third kappa shape index (κ3) is 5.84. The molecule has 102 valence electrons. The molecule has 1 N–H and O–H groups in total. The third-order valence-electron chi connectivity index (χ3n) is 3.61. The highest BCUT2D eigenvalue weighted by Crippen LogP contribution is 2.11. The van der Waals surface area contributed by atoms with Crippen LogP contribution in [-0.2, 0) is 4.74 Å². The van der Waals surface area contributed by atoms with Crippen LogP contribution in [0.5, 0.6) is 0 Å². The molecule has 3 nitrogen and oxygen atoms in total. The van der Waals surface area contributed by atoms with Gasteiger partial charge in [0, 0.05) is 32.3 Å². The average Bonchev–Trinajstić information content (AvgIpc) is 2.59. The number of ether oxygens (including phenoxy) is 1. The highest BCUT2D eigenvalue weighted by molar-refractivity contribution is 4.75. The first-order chi connectivity index (χ1) is 8.27. The van der Waals surface area contributed by atoms with Crippen LogP contribution >= 0.6 is 0 Å². The summed E-state index contributed by atoms with van der Waals surface area (Å²) in [6.45, 7) is 12.3. The SMILES string of the molecule is CCCCNCC(C)N1CCCOC(CC)C1. The number of unbranched alkanes of at least 4 members (excludes halogenated alkanes) is 1. The van der Waals surface area contributed by atoms with Gasteiger partial charge in [-0.2, -0.15) is 0 Å². The van der Waals surface area contributed by atoms with Crippen molar-refractivity contribution in [2.75, 3.05) is 32.8 Å². The van der Waals surface area contributed by atoms with E-state index in [1.165, 1.54) is 25.8 Å². The van der Waals surface area contributed by atoms with Gasteiger partial charge < -0.3 is 10.1 Å². The van der Waals surface area contributed by atoms with Gasteiger partial charge in [0.25, 0.3) is 0 Å². The van der Waals surface area contributed by atoms with Crippen molar-refractivity contribution in [3.63, 3.8) is 0 Å². The van der Waals surface area contributed by atoms with Crippen LogP contribution in [0.1, 0.15) is 46.5 Å². The largest absolute Gasteiger partial charge is 0.377 e. The summed E-state index contributed by atoms with van der Waals surface area (Å²) in [7, 11) is 0. The molecule has 2 unspecified atom stereocenters. The molecule has 3 heteroatoms. The van der Waals surface area contributed by atoms with Gasteiger partial charge in [0.05, 0.1) is 6.10 Å². The minimum atomic E-state index is 0.440. The van der Waals surface area contributed by atoms with E-state index >= 15 is 0 Å². The van der Waals surface area contributed by atoms with Gasteiger partial charge in [-0.25, -0.2) is 0 Å². The maximum absolute atomic E-state index is 5.81. The van der Waals surface area contributed by atoms with Crippen molar-refractivity contribution in [2.45, 2.75) is 58.6 Å². The van der Waals surface area contributed by atoms with E-state index in [0.717, 1.165) is 32.7 Å². The fourth-order valence-electron chi connectivity index (χ4n) is 2.31. The zero-order valence-electron chi connectivity index (χ0n) is 11.9. The van der Waals surface area contributed by atoms with Crippen LogP contribution in [0.2, 0.25) is 0 Å². The van der Waals surface area contributed by atoms with E-state index < -0.39 is 0 Å². The third-order valence-corrected chi connectivity index (χ3v) is 3.61. The molecule has 0 aromatic heterocycles. The van der Waals surface area contributed by atoms with Crippen LogP contribution in [0.4, 0.5) is 0 Å². The van der Waals surface area contributed by atoms with E-state index in [4.69, 9.17) is 4.74 Å². The van der Waals surface area contributed by atoms with E-state index in [-0.39, 0.29) is 0 Å². The van der Waals surface area contributed by atoms with Gasteiger partial charge in [0.1, 0.15) is 0 Å². The standard InChI is InChI=1S/C14H30N2O/c1-4-6-8-15-11-13(3)16-9-7-10-17-14(5-2)12-16/h13-15H,4-12H2,1-3H3. The Labute approximate surface area is 107 Å². The first-order valence-electron chi connectivity index (χ1n) is 7.34. The molecule has 0 bridgehead atoms. The maximum Gasteiger partial charge on any atom is 0.0699 e. The number of hydrogen-bond donors (Lipinski definition) is 1. The van der Waals surface area contributed by atoms with Gasteiger partial charge >= 0.3 is 0 Å². The van der Waals surface area contributed by atoms with Gasteiger partial charge in [-0.1, -0.05) is 20.3 Å². The van der Waals surface area contributed by atoms with Crippen molar-refractivity contribution in [3.05, 3.63) is 0 Å². The molecule has 1 aliphatic heterocycles. The predicted molar refractivity (Wildman–Crippen MR) is 73.5 cm³/mol. The summed E-state index contributed by atoms with van der Waals surface area (Å²) in [5.41, 5.74) is 0. The molecule has 0 radical (unpaired) electrons. The van der Waals surface area contributed by atoms with Crippen molar-refractivity contribution < 1.29 is 4.74 Å². The van der Waals surface area contributed by atoms with E-state index in [1.807, 2.05) is 0 Å². The van der Waals surface area contributed by atoms with E-state index in [0.29, 0.717) is 12.1 Å². The Morgan fingerprint density at radius 1 is 1.41 bits per heavy atom. The van der Waals surface area contributed by atoms with Crippen molar-refractivity contribution in [3.8, 4) is 0 Å². The van der Waals surface area contributed by atoms with Gasteiger partial charge in [-0.05, 0) is 32.7 Å². The molecule has 0 saturated carbocycles. The fourth-order valence-corrected chi connectivity index (χ4v) is 2.31. The molecule has 1 rings (SSSR count). The van der Waals surface area contributed by atoms with Crippen molar-refractivity contribution >= 4 is 0 Å². The molecule has 0 amide bonds. The summed E-state index contributed by atoms with van der Waals surface area (Å²) < 4.78 is 5.81. The normalized spacial score (nSPS) is 24.5. The summed E-state index contributed by atoms with van der Waals surface area (Å²) >= 11 is 0. The lowest BCUT2D eigenvalue weighted by Gasteiger charge is -2.29. The summed E-state index contributed by atoms with van der Waals surface area (Å²) in [5.74, 6) is 0. The lowest BCUT2D eigenvalue weighted by Crippen LogP contribution is -2.43. The topological polar surface area (TPSA) is 24.5 Å². The predicted octanol–water partition coefficient (Wildman–Crippen LogP) is 2.27. The van der Waals surface area contributed by atoms with E-state index in [2.05, 4.69) is 31.0 Å². The molecule has 2 atom stereocenters. The molecule has 0 aromatic rings. The van der Waals surface area contributed by atoms with E-state index in [9.17, 15) is 0 Å². The van der Waals surface area contributed by atoms with Gasteiger partial charge in [-0.3, -0.25) is 4.90 Å². The van der Waals surface area contributed by atoms with Crippen molar-refractivity contribution in [2.24, 2.45) is 0 Å². The second-order valence-corrected chi connectivity index (χ2v) is 5.16. The zero-order chi connectivity index (χ0) is 12.5. The first kappa shape index (κ1) is 14.9. The number of nitrogens with zero attached hydrogens (tertiary/aromatic N) is 1. The zero-order valence-corrected chi connectivity index (χ0v) is 11.9. The van der Waals surface area contributed by atoms with Crippen LogP contribution in [-0.4, -0.2) is 49.8 Å². The lowest BCUT2D eigenvalue weighted by molar-refractivity contribution is 0.0466. The Bertz CT molecular complexity index is 187. The Balaban J connectivity index is 2.25. The Hall–Kier alpha value is -0.120. The summed E-state index contributed by atoms with van der Waals surface area (Å²) in [6.07, 6.45) is 5.31. The van der Waals surface area contributed by atoms with E-state index in [1.54, 1.807) is 0 Å². The Kier molecular flexibility index (Phi) is 7.82. The molecular formula is C14H30N2O. The number of nitrogens with one attached hydrogen (secondary N) is 1. The maximum atomic E-state index is 5.81. The quantitative estimate of drug-likeness (QED) is 0.693. The second kappa shape index (κ2) is 8.90. The molecule has 0 aliphatic carbocycles. The smallest absolute Gasteiger partial charge is 0.0699 e.